The molecule has 0 radical (unpaired) electrons. The van der Waals surface area contributed by atoms with Crippen molar-refractivity contribution in [1.29, 1.82) is 0 Å². The molecule has 0 spiro atoms. The lowest BCUT2D eigenvalue weighted by atomic mass is 10.2. The van der Waals surface area contributed by atoms with Crippen molar-refractivity contribution in [3.05, 3.63) is 11.1 Å². The molecule has 18 heavy (non-hydrogen) atoms. The van der Waals surface area contributed by atoms with Crippen LogP contribution in [0.25, 0.3) is 0 Å². The Morgan fingerprint density at radius 2 is 2.33 bits per heavy atom. The third-order valence-corrected chi connectivity index (χ3v) is 4.00. The maximum absolute atomic E-state index is 11.1. The van der Waals surface area contributed by atoms with Crippen LogP contribution in [0.2, 0.25) is 0 Å². The summed E-state index contributed by atoms with van der Waals surface area (Å²) >= 11 is 1.63. The summed E-state index contributed by atoms with van der Waals surface area (Å²) in [7, 11) is 3.48. The minimum absolute atomic E-state index is 0.183. The highest BCUT2D eigenvalue weighted by Gasteiger charge is 2.13. The number of carbonyl (C=O) groups is 1. The van der Waals surface area contributed by atoms with Gasteiger partial charge in [0.05, 0.1) is 19.2 Å². The number of anilines is 1. The molecule has 102 valence electrons. The van der Waals surface area contributed by atoms with Gasteiger partial charge < -0.3 is 9.64 Å². The molecule has 4 nitrogen and oxygen atoms in total. The van der Waals surface area contributed by atoms with Gasteiger partial charge in [-0.05, 0) is 13.3 Å². The fourth-order valence-electron chi connectivity index (χ4n) is 1.71. The van der Waals surface area contributed by atoms with Crippen LogP contribution in [0.4, 0.5) is 5.13 Å². The summed E-state index contributed by atoms with van der Waals surface area (Å²) < 4.78 is 4.62. The number of hydrogen-bond acceptors (Lipinski definition) is 5. The number of ether oxygens (including phenoxy) is 1. The average Bonchev–Trinajstić information content (AvgIpc) is 2.84. The van der Waals surface area contributed by atoms with Gasteiger partial charge in [0.15, 0.2) is 5.13 Å². The van der Waals surface area contributed by atoms with Gasteiger partial charge in [0.1, 0.15) is 0 Å². The van der Waals surface area contributed by atoms with Crippen molar-refractivity contribution in [3.63, 3.8) is 0 Å². The zero-order valence-electron chi connectivity index (χ0n) is 11.6. The number of aryl methyl sites for hydroxylation is 1. The van der Waals surface area contributed by atoms with Gasteiger partial charge in [0.2, 0.25) is 0 Å². The molecule has 0 saturated heterocycles. The second kappa shape index (κ2) is 7.36. The smallest absolute Gasteiger partial charge is 0.305 e. The maximum atomic E-state index is 11.1. The molecule has 0 aromatic carbocycles. The monoisotopic (exact) mass is 270 g/mol. The van der Waals surface area contributed by atoms with E-state index < -0.39 is 0 Å². The Bertz CT molecular complexity index is 379. The molecule has 0 aliphatic rings. The molecule has 0 saturated carbocycles. The summed E-state index contributed by atoms with van der Waals surface area (Å²) in [5, 5.41) is 3.05. The fourth-order valence-corrected chi connectivity index (χ4v) is 2.63. The van der Waals surface area contributed by atoms with Gasteiger partial charge in [0.25, 0.3) is 0 Å². The summed E-state index contributed by atoms with van der Waals surface area (Å²) in [6, 6.07) is 0.495. The van der Waals surface area contributed by atoms with Crippen molar-refractivity contribution in [2.45, 2.75) is 45.6 Å². The zero-order chi connectivity index (χ0) is 13.5. The molecule has 1 aromatic rings. The van der Waals surface area contributed by atoms with Crippen LogP contribution in [-0.2, 0) is 16.0 Å². The Morgan fingerprint density at radius 1 is 1.61 bits per heavy atom. The van der Waals surface area contributed by atoms with Gasteiger partial charge in [-0.1, -0.05) is 13.3 Å². The summed E-state index contributed by atoms with van der Waals surface area (Å²) in [4.78, 5) is 17.8. The minimum atomic E-state index is -0.183. The predicted octanol–water partition coefficient (Wildman–Crippen LogP) is 2.87. The number of rotatable bonds is 7. The van der Waals surface area contributed by atoms with Gasteiger partial charge in [0, 0.05) is 24.9 Å². The highest BCUT2D eigenvalue weighted by molar-refractivity contribution is 7.13. The van der Waals surface area contributed by atoms with Crippen LogP contribution in [0.3, 0.4) is 0 Å². The maximum Gasteiger partial charge on any atom is 0.305 e. The van der Waals surface area contributed by atoms with E-state index in [1.165, 1.54) is 13.5 Å². The summed E-state index contributed by atoms with van der Waals surface area (Å²) in [5.74, 6) is -0.183. The minimum Gasteiger partial charge on any atom is -0.469 e. The number of aromatic nitrogens is 1. The van der Waals surface area contributed by atoms with Gasteiger partial charge in [-0.25, -0.2) is 4.98 Å². The predicted molar refractivity (Wildman–Crippen MR) is 75.2 cm³/mol. The number of methoxy groups -OCH3 is 1. The van der Waals surface area contributed by atoms with Gasteiger partial charge >= 0.3 is 5.97 Å². The molecule has 0 aliphatic carbocycles. The van der Waals surface area contributed by atoms with Crippen LogP contribution < -0.4 is 4.90 Å². The van der Waals surface area contributed by atoms with Crippen molar-refractivity contribution >= 4 is 22.4 Å². The summed E-state index contributed by atoms with van der Waals surface area (Å²) in [5.41, 5.74) is 0.968. The number of hydrogen-bond donors (Lipinski definition) is 0. The highest BCUT2D eigenvalue weighted by atomic mass is 32.1. The standard InChI is InChI=1S/C13H22N2O2S/c1-5-6-10(2)15(3)13-14-11(9-18-13)7-8-12(16)17-4/h9-10H,5-8H2,1-4H3. The van der Waals surface area contributed by atoms with Crippen LogP contribution in [0.1, 0.15) is 38.8 Å². The first-order valence-electron chi connectivity index (χ1n) is 6.32. The molecule has 1 rings (SSSR count). The van der Waals surface area contributed by atoms with E-state index in [0.717, 1.165) is 17.2 Å². The summed E-state index contributed by atoms with van der Waals surface area (Å²) in [6.45, 7) is 4.40. The normalized spacial score (nSPS) is 12.2. The molecule has 1 atom stereocenters. The molecule has 0 fully saturated rings. The first-order valence-corrected chi connectivity index (χ1v) is 7.20. The van der Waals surface area contributed by atoms with Gasteiger partial charge in [-0.2, -0.15) is 0 Å². The van der Waals surface area contributed by atoms with Crippen molar-refractivity contribution in [2.24, 2.45) is 0 Å². The topological polar surface area (TPSA) is 42.4 Å². The molecular formula is C13H22N2O2S. The number of nitrogens with zero attached hydrogens (tertiary/aromatic N) is 2. The molecule has 5 heteroatoms. The third kappa shape index (κ3) is 4.29. The van der Waals surface area contributed by atoms with Crippen molar-refractivity contribution in [3.8, 4) is 0 Å². The van der Waals surface area contributed by atoms with E-state index in [1.807, 2.05) is 5.38 Å². The van der Waals surface area contributed by atoms with Gasteiger partial charge in [-0.3, -0.25) is 4.79 Å². The number of carbonyl (C=O) groups excluding carboxylic acids is 1. The van der Waals surface area contributed by atoms with Gasteiger partial charge in [-0.15, -0.1) is 11.3 Å². The van der Waals surface area contributed by atoms with Crippen LogP contribution in [0.5, 0.6) is 0 Å². The molecule has 1 heterocycles. The Morgan fingerprint density at radius 3 is 2.94 bits per heavy atom. The van der Waals surface area contributed by atoms with E-state index in [0.29, 0.717) is 18.9 Å². The van der Waals surface area contributed by atoms with E-state index in [1.54, 1.807) is 11.3 Å². The van der Waals surface area contributed by atoms with Crippen LogP contribution >= 0.6 is 11.3 Å². The van der Waals surface area contributed by atoms with Crippen LogP contribution in [0.15, 0.2) is 5.38 Å². The van der Waals surface area contributed by atoms with E-state index in [9.17, 15) is 4.79 Å². The largest absolute Gasteiger partial charge is 0.469 e. The first kappa shape index (κ1) is 15.0. The van der Waals surface area contributed by atoms with E-state index >= 15 is 0 Å². The van der Waals surface area contributed by atoms with E-state index in [-0.39, 0.29) is 5.97 Å². The fraction of sp³-hybridized carbons (Fsp3) is 0.692. The van der Waals surface area contributed by atoms with E-state index in [4.69, 9.17) is 0 Å². The van der Waals surface area contributed by atoms with Crippen LogP contribution in [0, 0.1) is 0 Å². The molecule has 0 N–H and O–H groups in total. The van der Waals surface area contributed by atoms with Crippen molar-refractivity contribution in [1.82, 2.24) is 4.98 Å². The molecule has 0 amide bonds. The first-order chi connectivity index (χ1) is 8.58. The second-order valence-corrected chi connectivity index (χ2v) is 5.28. The molecule has 0 aliphatic heterocycles. The van der Waals surface area contributed by atoms with Crippen molar-refractivity contribution < 1.29 is 9.53 Å². The zero-order valence-corrected chi connectivity index (χ0v) is 12.4. The highest BCUT2D eigenvalue weighted by Crippen LogP contribution is 2.23. The van der Waals surface area contributed by atoms with Crippen LogP contribution in [-0.4, -0.2) is 31.2 Å². The molecule has 0 bridgehead atoms. The Labute approximate surface area is 113 Å². The number of thiazole rings is 1. The molecule has 1 aromatic heterocycles. The Hall–Kier alpha value is -1.10. The molecular weight excluding hydrogens is 248 g/mol. The summed E-state index contributed by atoms with van der Waals surface area (Å²) in [6.07, 6.45) is 3.38. The number of esters is 1. The Balaban J connectivity index is 2.54. The SMILES string of the molecule is CCCC(C)N(C)c1nc(CCC(=O)OC)cs1. The lowest BCUT2D eigenvalue weighted by Gasteiger charge is -2.23. The lowest BCUT2D eigenvalue weighted by Crippen LogP contribution is -2.28. The van der Waals surface area contributed by atoms with Crippen molar-refractivity contribution in [2.75, 3.05) is 19.1 Å². The third-order valence-electron chi connectivity index (χ3n) is 3.02. The average molecular weight is 270 g/mol. The quantitative estimate of drug-likeness (QED) is 0.715. The molecule has 1 unspecified atom stereocenters. The van der Waals surface area contributed by atoms with E-state index in [2.05, 4.69) is 35.5 Å². The lowest BCUT2D eigenvalue weighted by molar-refractivity contribution is -0.140. The Kier molecular flexibility index (Phi) is 6.12. The second-order valence-electron chi connectivity index (χ2n) is 4.45.